The molecule has 22 heavy (non-hydrogen) atoms. The zero-order valence-electron chi connectivity index (χ0n) is 12.4. The van der Waals surface area contributed by atoms with Crippen molar-refractivity contribution in [2.24, 2.45) is 7.05 Å². The van der Waals surface area contributed by atoms with Crippen molar-refractivity contribution in [3.8, 4) is 0 Å². The Hall–Kier alpha value is -2.37. The Morgan fingerprint density at radius 3 is 2.50 bits per heavy atom. The Bertz CT molecular complexity index is 857. The lowest BCUT2D eigenvalue weighted by molar-refractivity contribution is 0.0697. The van der Waals surface area contributed by atoms with E-state index in [4.69, 9.17) is 5.11 Å². The zero-order valence-corrected chi connectivity index (χ0v) is 12.4. The minimum absolute atomic E-state index is 0.0523. The highest BCUT2D eigenvalue weighted by molar-refractivity contribution is 5.92. The van der Waals surface area contributed by atoms with Crippen LogP contribution < -0.4 is 11.2 Å². The van der Waals surface area contributed by atoms with Gasteiger partial charge in [0.05, 0.1) is 16.5 Å². The molecule has 1 aromatic carbocycles. The maximum absolute atomic E-state index is 12.7. The van der Waals surface area contributed by atoms with Crippen LogP contribution in [0.4, 0.5) is 0 Å². The van der Waals surface area contributed by atoms with Gasteiger partial charge in [-0.05, 0) is 31.0 Å². The first-order valence-electron chi connectivity index (χ1n) is 7.49. The number of hydrogen-bond donors (Lipinski definition) is 1. The molecule has 0 amide bonds. The van der Waals surface area contributed by atoms with Crippen LogP contribution in [0.5, 0.6) is 0 Å². The van der Waals surface area contributed by atoms with Gasteiger partial charge in [-0.25, -0.2) is 9.59 Å². The number of aryl methyl sites for hydroxylation is 1. The first kappa shape index (κ1) is 14.6. The van der Waals surface area contributed by atoms with E-state index < -0.39 is 5.97 Å². The van der Waals surface area contributed by atoms with Gasteiger partial charge in [0, 0.05) is 13.1 Å². The van der Waals surface area contributed by atoms with Crippen molar-refractivity contribution in [1.29, 1.82) is 0 Å². The van der Waals surface area contributed by atoms with Gasteiger partial charge in [-0.15, -0.1) is 0 Å². The van der Waals surface area contributed by atoms with Crippen molar-refractivity contribution in [2.75, 3.05) is 0 Å². The van der Waals surface area contributed by atoms with Crippen molar-refractivity contribution in [2.45, 2.75) is 38.1 Å². The van der Waals surface area contributed by atoms with E-state index in [0.717, 1.165) is 32.1 Å². The van der Waals surface area contributed by atoms with E-state index in [-0.39, 0.29) is 22.9 Å². The smallest absolute Gasteiger partial charge is 0.335 e. The second-order valence-electron chi connectivity index (χ2n) is 5.85. The third-order valence-electron chi connectivity index (χ3n) is 4.49. The summed E-state index contributed by atoms with van der Waals surface area (Å²) in [7, 11) is 1.58. The molecule has 6 heteroatoms. The van der Waals surface area contributed by atoms with Crippen molar-refractivity contribution >= 4 is 16.9 Å². The molecule has 1 saturated carbocycles. The molecular weight excluding hydrogens is 284 g/mol. The Kier molecular flexibility index (Phi) is 3.60. The Labute approximate surface area is 126 Å². The van der Waals surface area contributed by atoms with Crippen LogP contribution >= 0.6 is 0 Å². The van der Waals surface area contributed by atoms with Crippen LogP contribution in [0.15, 0.2) is 27.8 Å². The molecule has 1 aliphatic carbocycles. The zero-order chi connectivity index (χ0) is 15.9. The van der Waals surface area contributed by atoms with Crippen LogP contribution in [0.3, 0.4) is 0 Å². The Morgan fingerprint density at radius 1 is 1.18 bits per heavy atom. The predicted molar refractivity (Wildman–Crippen MR) is 82.5 cm³/mol. The van der Waals surface area contributed by atoms with E-state index in [9.17, 15) is 14.4 Å². The van der Waals surface area contributed by atoms with Crippen LogP contribution in [-0.2, 0) is 7.05 Å². The van der Waals surface area contributed by atoms with E-state index in [2.05, 4.69) is 0 Å². The third-order valence-corrected chi connectivity index (χ3v) is 4.49. The summed E-state index contributed by atoms with van der Waals surface area (Å²) in [5.74, 6) is -1.08. The Morgan fingerprint density at radius 2 is 1.86 bits per heavy atom. The monoisotopic (exact) mass is 302 g/mol. The fourth-order valence-electron chi connectivity index (χ4n) is 3.27. The summed E-state index contributed by atoms with van der Waals surface area (Å²) in [6, 6.07) is 4.23. The molecule has 6 nitrogen and oxygen atoms in total. The molecule has 0 saturated heterocycles. The molecular formula is C16H18N2O4. The van der Waals surface area contributed by atoms with Gasteiger partial charge in [0.15, 0.2) is 0 Å². The largest absolute Gasteiger partial charge is 0.478 e. The van der Waals surface area contributed by atoms with Gasteiger partial charge < -0.3 is 5.11 Å². The average Bonchev–Trinajstić information content (AvgIpc) is 2.53. The fourth-order valence-corrected chi connectivity index (χ4v) is 3.27. The molecule has 0 radical (unpaired) electrons. The summed E-state index contributed by atoms with van der Waals surface area (Å²) in [6.07, 6.45) is 4.87. The van der Waals surface area contributed by atoms with E-state index >= 15 is 0 Å². The lowest BCUT2D eigenvalue weighted by Crippen LogP contribution is -2.42. The van der Waals surface area contributed by atoms with Crippen LogP contribution in [0, 0.1) is 0 Å². The Balaban J connectivity index is 2.28. The van der Waals surface area contributed by atoms with Crippen LogP contribution in [0.25, 0.3) is 10.9 Å². The van der Waals surface area contributed by atoms with Gasteiger partial charge in [-0.1, -0.05) is 19.3 Å². The van der Waals surface area contributed by atoms with Crippen molar-refractivity contribution in [1.82, 2.24) is 9.13 Å². The summed E-state index contributed by atoms with van der Waals surface area (Å²) in [5, 5.41) is 9.45. The molecule has 0 bridgehead atoms. The average molecular weight is 302 g/mol. The van der Waals surface area contributed by atoms with E-state index in [1.54, 1.807) is 7.05 Å². The van der Waals surface area contributed by atoms with Crippen molar-refractivity contribution < 1.29 is 9.90 Å². The number of aromatic nitrogens is 2. The van der Waals surface area contributed by atoms with E-state index in [1.165, 1.54) is 27.3 Å². The molecule has 1 aliphatic rings. The van der Waals surface area contributed by atoms with Gasteiger partial charge in [-0.3, -0.25) is 13.9 Å². The number of nitrogens with zero attached hydrogens (tertiary/aromatic N) is 2. The molecule has 1 N–H and O–H groups in total. The second kappa shape index (κ2) is 5.44. The highest BCUT2D eigenvalue weighted by atomic mass is 16.4. The molecule has 1 fully saturated rings. The quantitative estimate of drug-likeness (QED) is 0.918. The summed E-state index contributed by atoms with van der Waals surface area (Å²) in [5.41, 5.74) is -0.256. The van der Waals surface area contributed by atoms with Gasteiger partial charge in [0.1, 0.15) is 0 Å². The number of benzene rings is 1. The molecule has 1 aromatic heterocycles. The normalized spacial score (nSPS) is 16.0. The van der Waals surface area contributed by atoms with Crippen molar-refractivity contribution in [3.63, 3.8) is 0 Å². The number of aromatic carboxylic acids is 1. The minimum Gasteiger partial charge on any atom is -0.478 e. The van der Waals surface area contributed by atoms with Crippen molar-refractivity contribution in [3.05, 3.63) is 44.6 Å². The lowest BCUT2D eigenvalue weighted by Gasteiger charge is -2.24. The molecule has 2 aromatic rings. The number of carboxylic acid groups (broad SMARTS) is 1. The number of hydrogen-bond acceptors (Lipinski definition) is 3. The number of carboxylic acids is 1. The topological polar surface area (TPSA) is 81.3 Å². The van der Waals surface area contributed by atoms with E-state index in [0.29, 0.717) is 10.9 Å². The van der Waals surface area contributed by atoms with Crippen LogP contribution in [-0.4, -0.2) is 20.2 Å². The number of fused-ring (bicyclic) bond motifs is 1. The summed E-state index contributed by atoms with van der Waals surface area (Å²) >= 11 is 0. The molecule has 1 heterocycles. The lowest BCUT2D eigenvalue weighted by atomic mass is 9.95. The fraction of sp³-hybridized carbons (Fsp3) is 0.438. The predicted octanol–water partition coefficient (Wildman–Crippen LogP) is 1.90. The van der Waals surface area contributed by atoms with Gasteiger partial charge in [0.25, 0.3) is 5.56 Å². The van der Waals surface area contributed by atoms with E-state index in [1.807, 2.05) is 0 Å². The van der Waals surface area contributed by atoms with Crippen LogP contribution in [0.2, 0.25) is 0 Å². The summed E-state index contributed by atoms with van der Waals surface area (Å²) in [6.45, 7) is 0. The molecule has 116 valence electrons. The highest BCUT2D eigenvalue weighted by Gasteiger charge is 2.21. The molecule has 0 atom stereocenters. The number of rotatable bonds is 2. The second-order valence-corrected chi connectivity index (χ2v) is 5.85. The highest BCUT2D eigenvalue weighted by Crippen LogP contribution is 2.26. The maximum Gasteiger partial charge on any atom is 0.335 e. The van der Waals surface area contributed by atoms with Gasteiger partial charge in [-0.2, -0.15) is 0 Å². The molecule has 0 unspecified atom stereocenters. The summed E-state index contributed by atoms with van der Waals surface area (Å²) < 4.78 is 2.72. The minimum atomic E-state index is -1.08. The maximum atomic E-state index is 12.7. The molecule has 0 aliphatic heterocycles. The standard InChI is InChI=1S/C16H18N2O4/c1-17-13-9-10(15(20)21)7-8-12(13)14(19)18(16(17)22)11-5-3-2-4-6-11/h7-9,11H,2-6H2,1H3,(H,20,21). The number of carbonyl (C=O) groups is 1. The third kappa shape index (κ3) is 2.24. The summed E-state index contributed by atoms with van der Waals surface area (Å²) in [4.78, 5) is 36.3. The first-order chi connectivity index (χ1) is 10.5. The van der Waals surface area contributed by atoms with Gasteiger partial charge in [0.2, 0.25) is 0 Å². The molecule has 0 spiro atoms. The van der Waals surface area contributed by atoms with Gasteiger partial charge >= 0.3 is 11.7 Å². The SMILES string of the molecule is Cn1c(=O)n(C2CCCCC2)c(=O)c2ccc(C(=O)O)cc21. The van der Waals surface area contributed by atoms with Crippen LogP contribution in [0.1, 0.15) is 48.5 Å². The molecule has 3 rings (SSSR count). The first-order valence-corrected chi connectivity index (χ1v) is 7.49.